The van der Waals surface area contributed by atoms with Crippen molar-refractivity contribution in [2.24, 2.45) is 7.05 Å². The molecule has 0 fully saturated rings. The number of aromatic nitrogens is 5. The number of amides is 2. The van der Waals surface area contributed by atoms with E-state index in [1.54, 1.807) is 25.2 Å². The Morgan fingerprint density at radius 1 is 1.15 bits per heavy atom. The number of pyridine rings is 1. The zero-order chi connectivity index (χ0) is 24.2. The molecular formula is C18H23B3N8O4. The molecule has 0 radical (unpaired) electrons. The van der Waals surface area contributed by atoms with E-state index in [0.717, 1.165) is 0 Å². The molecular weight excluding hydrogens is 425 g/mol. The summed E-state index contributed by atoms with van der Waals surface area (Å²) >= 11 is 0. The molecule has 0 saturated heterocycles. The second kappa shape index (κ2) is 9.63. The van der Waals surface area contributed by atoms with Crippen LogP contribution in [-0.4, -0.2) is 80.2 Å². The molecule has 0 aliphatic carbocycles. The molecule has 3 aromatic rings. The Labute approximate surface area is 193 Å². The van der Waals surface area contributed by atoms with Crippen molar-refractivity contribution < 1.29 is 19.1 Å². The maximum absolute atomic E-state index is 12.9. The van der Waals surface area contributed by atoms with E-state index < -0.39 is 11.3 Å². The van der Waals surface area contributed by atoms with E-state index in [1.165, 1.54) is 31.3 Å². The number of benzene rings is 1. The van der Waals surface area contributed by atoms with Crippen molar-refractivity contribution in [3.8, 4) is 17.1 Å². The summed E-state index contributed by atoms with van der Waals surface area (Å²) < 4.78 is 10.2. The predicted molar refractivity (Wildman–Crippen MR) is 130 cm³/mol. The summed E-state index contributed by atoms with van der Waals surface area (Å²) in [5.41, 5.74) is 1.81. The largest absolute Gasteiger partial charge is 0.494 e. The second-order valence-corrected chi connectivity index (χ2v) is 8.05. The van der Waals surface area contributed by atoms with Crippen LogP contribution in [0.15, 0.2) is 30.5 Å². The molecule has 0 saturated carbocycles. The van der Waals surface area contributed by atoms with Gasteiger partial charge in [0.1, 0.15) is 29.4 Å². The topological polar surface area (TPSA) is 145 Å². The van der Waals surface area contributed by atoms with E-state index in [2.05, 4.69) is 41.1 Å². The highest BCUT2D eigenvalue weighted by atomic mass is 16.5. The quantitative estimate of drug-likeness (QED) is 0.366. The summed E-state index contributed by atoms with van der Waals surface area (Å²) in [5, 5.41) is 20.3. The van der Waals surface area contributed by atoms with Crippen molar-refractivity contribution in [1.29, 1.82) is 0 Å². The minimum atomic E-state index is -0.686. The molecule has 0 bridgehead atoms. The average molecular weight is 448 g/mol. The van der Waals surface area contributed by atoms with Gasteiger partial charge in [-0.25, -0.2) is 9.78 Å². The molecule has 3 rings (SSSR count). The lowest BCUT2D eigenvalue weighted by Gasteiger charge is -2.22. The fraction of sp³-hybridized carbons (Fsp3) is 0.222. The minimum absolute atomic E-state index is 0.197. The van der Waals surface area contributed by atoms with Gasteiger partial charge in [-0.2, -0.15) is 4.80 Å². The molecule has 2 amide bonds. The zero-order valence-corrected chi connectivity index (χ0v) is 19.3. The van der Waals surface area contributed by atoms with E-state index >= 15 is 0 Å². The molecule has 0 atom stereocenters. The lowest BCUT2D eigenvalue weighted by atomic mass is 9.49. The van der Waals surface area contributed by atoms with E-state index in [4.69, 9.17) is 4.74 Å². The number of para-hydroxylation sites is 1. The normalized spacial score (nSPS) is 10.9. The van der Waals surface area contributed by atoms with Gasteiger partial charge in [0.05, 0.1) is 43.8 Å². The van der Waals surface area contributed by atoms with Gasteiger partial charge in [0.2, 0.25) is 5.82 Å². The third-order valence-electron chi connectivity index (χ3n) is 4.29. The Hall–Kier alpha value is -4.03. The monoisotopic (exact) mass is 448 g/mol. The molecule has 0 spiro atoms. The Balaban J connectivity index is 2.06. The predicted octanol–water partition coefficient (Wildman–Crippen LogP) is -1.56. The van der Waals surface area contributed by atoms with E-state index in [0.29, 0.717) is 28.5 Å². The highest BCUT2D eigenvalue weighted by Crippen LogP contribution is 2.37. The van der Waals surface area contributed by atoms with Crippen LogP contribution < -0.4 is 20.7 Å². The van der Waals surface area contributed by atoms with Crippen LogP contribution in [-0.2, 0) is 11.8 Å². The molecule has 2 aromatic heterocycles. The van der Waals surface area contributed by atoms with Crippen LogP contribution in [0.25, 0.3) is 11.4 Å². The smallest absolute Gasteiger partial charge is 0.412 e. The summed E-state index contributed by atoms with van der Waals surface area (Å²) in [6.07, 6.45) is 0.684. The number of methoxy groups -OCH3 is 2. The summed E-state index contributed by atoms with van der Waals surface area (Å²) in [6, 6.07) is 6.89. The van der Waals surface area contributed by atoms with Crippen LogP contribution in [0.5, 0.6) is 5.75 Å². The van der Waals surface area contributed by atoms with Crippen LogP contribution in [0, 0.1) is 0 Å². The number of hydrogen-bond donors (Lipinski definition) is 3. The summed E-state index contributed by atoms with van der Waals surface area (Å²) in [6.45, 7) is 0. The third kappa shape index (κ3) is 5.81. The van der Waals surface area contributed by atoms with Crippen LogP contribution >= 0.6 is 0 Å². The maximum atomic E-state index is 12.9. The molecule has 0 unspecified atom stereocenters. The first-order valence-corrected chi connectivity index (χ1v) is 9.97. The van der Waals surface area contributed by atoms with Crippen molar-refractivity contribution in [1.82, 2.24) is 30.5 Å². The number of tetrazole rings is 1. The standard InChI is InChI=1S/C18H23B3N8O4/c1-29-27-15(26-28-29)9-5-4-6-11(14(9)32-2)23-12-7-13(24-17(31)33-3)22-8-10(12)16(30)25-18(19,20)21/h4-8H,19-21H2,1-3H3,(H,25,30)(H2,22,23,24,31). The fourth-order valence-corrected chi connectivity index (χ4v) is 2.94. The molecule has 0 aliphatic rings. The van der Waals surface area contributed by atoms with Crippen LogP contribution in [0.4, 0.5) is 22.0 Å². The second-order valence-electron chi connectivity index (χ2n) is 8.05. The first-order valence-electron chi connectivity index (χ1n) is 9.97. The zero-order valence-electron chi connectivity index (χ0n) is 19.3. The number of ether oxygens (including phenoxy) is 2. The van der Waals surface area contributed by atoms with Gasteiger partial charge in [0, 0.05) is 12.3 Å². The first kappa shape index (κ1) is 23.6. The van der Waals surface area contributed by atoms with Crippen LogP contribution in [0.1, 0.15) is 10.4 Å². The molecule has 12 nitrogen and oxygen atoms in total. The van der Waals surface area contributed by atoms with Gasteiger partial charge in [0.25, 0.3) is 5.91 Å². The number of nitrogens with zero attached hydrogens (tertiary/aromatic N) is 5. The van der Waals surface area contributed by atoms with Crippen LogP contribution in [0.3, 0.4) is 0 Å². The van der Waals surface area contributed by atoms with Gasteiger partial charge in [0.15, 0.2) is 5.75 Å². The lowest BCUT2D eigenvalue weighted by molar-refractivity contribution is 0.0953. The summed E-state index contributed by atoms with van der Waals surface area (Å²) in [5.74, 6) is 0.689. The molecule has 15 heteroatoms. The third-order valence-corrected chi connectivity index (χ3v) is 4.29. The van der Waals surface area contributed by atoms with Crippen molar-refractivity contribution >= 4 is 52.7 Å². The van der Waals surface area contributed by atoms with Crippen molar-refractivity contribution in [2.45, 2.75) is 5.24 Å². The van der Waals surface area contributed by atoms with Crippen molar-refractivity contribution in [3.63, 3.8) is 0 Å². The number of carbonyl (C=O) groups excluding carboxylic acids is 2. The molecule has 0 aliphatic heterocycles. The Morgan fingerprint density at radius 2 is 1.91 bits per heavy atom. The van der Waals surface area contributed by atoms with Crippen molar-refractivity contribution in [3.05, 3.63) is 36.0 Å². The van der Waals surface area contributed by atoms with Gasteiger partial charge in [-0.3, -0.25) is 10.1 Å². The molecule has 33 heavy (non-hydrogen) atoms. The number of hydrogen-bond acceptors (Lipinski definition) is 9. The molecule has 3 N–H and O–H groups in total. The van der Waals surface area contributed by atoms with Gasteiger partial charge in [-0.1, -0.05) is 6.07 Å². The SMILES string of the molecule is BC(B)(B)NC(=O)c1cnc(NC(=O)OC)cc1Nc1cccc(-c2nnn(C)n2)c1OC. The molecule has 168 valence electrons. The van der Waals surface area contributed by atoms with Gasteiger partial charge in [-0.05, 0) is 22.6 Å². The average Bonchev–Trinajstić information content (AvgIpc) is 3.18. The molecule has 2 heterocycles. The summed E-state index contributed by atoms with van der Waals surface area (Å²) in [7, 11) is 10.1. The fourth-order valence-electron chi connectivity index (χ4n) is 2.94. The van der Waals surface area contributed by atoms with Gasteiger partial charge < -0.3 is 20.1 Å². The van der Waals surface area contributed by atoms with Crippen molar-refractivity contribution in [2.75, 3.05) is 24.9 Å². The number of nitrogens with one attached hydrogen (secondary N) is 3. The number of aryl methyl sites for hydroxylation is 1. The van der Waals surface area contributed by atoms with Gasteiger partial charge in [-0.15, -0.1) is 10.2 Å². The van der Waals surface area contributed by atoms with Gasteiger partial charge >= 0.3 is 6.09 Å². The lowest BCUT2D eigenvalue weighted by Crippen LogP contribution is -2.50. The molecule has 1 aromatic carbocycles. The highest BCUT2D eigenvalue weighted by molar-refractivity contribution is 6.60. The number of anilines is 3. The Kier molecular flexibility index (Phi) is 6.90. The number of carbonyl (C=O) groups is 2. The maximum Gasteiger partial charge on any atom is 0.412 e. The Bertz CT molecular complexity index is 1180. The van der Waals surface area contributed by atoms with E-state index in [-0.39, 0.29) is 17.3 Å². The first-order chi connectivity index (χ1) is 15.6. The summed E-state index contributed by atoms with van der Waals surface area (Å²) in [4.78, 5) is 30.1. The van der Waals surface area contributed by atoms with Crippen LogP contribution in [0.2, 0.25) is 0 Å². The van der Waals surface area contributed by atoms with E-state index in [1.807, 2.05) is 23.5 Å². The minimum Gasteiger partial charge on any atom is -0.494 e. The number of rotatable bonds is 7. The highest BCUT2D eigenvalue weighted by Gasteiger charge is 2.21. The Morgan fingerprint density at radius 3 is 2.52 bits per heavy atom. The van der Waals surface area contributed by atoms with E-state index in [9.17, 15) is 9.59 Å².